The van der Waals surface area contributed by atoms with E-state index in [0.29, 0.717) is 12.3 Å². The summed E-state index contributed by atoms with van der Waals surface area (Å²) in [5.74, 6) is 0.815. The average molecular weight is 237 g/mol. The lowest BCUT2D eigenvalue weighted by Gasteiger charge is -2.21. The fourth-order valence-electron chi connectivity index (χ4n) is 3.75. The number of hydrogen-bond donors (Lipinski definition) is 2. The van der Waals surface area contributed by atoms with Crippen molar-refractivity contribution in [3.63, 3.8) is 0 Å². The van der Waals surface area contributed by atoms with Crippen LogP contribution in [-0.2, 0) is 9.59 Å². The molecule has 0 aliphatic heterocycles. The number of amides is 1. The Morgan fingerprint density at radius 1 is 1.12 bits per heavy atom. The van der Waals surface area contributed by atoms with Gasteiger partial charge in [-0.2, -0.15) is 0 Å². The van der Waals surface area contributed by atoms with Gasteiger partial charge >= 0.3 is 5.97 Å². The zero-order valence-electron chi connectivity index (χ0n) is 9.89. The second-order valence-electron chi connectivity index (χ2n) is 5.97. The van der Waals surface area contributed by atoms with Crippen LogP contribution in [0.15, 0.2) is 0 Å². The summed E-state index contributed by atoms with van der Waals surface area (Å²) < 4.78 is 0. The van der Waals surface area contributed by atoms with Crippen LogP contribution in [0.3, 0.4) is 0 Å². The van der Waals surface area contributed by atoms with Gasteiger partial charge in [0.2, 0.25) is 5.91 Å². The van der Waals surface area contributed by atoms with Crippen LogP contribution in [0.1, 0.15) is 32.1 Å². The topological polar surface area (TPSA) is 66.4 Å². The summed E-state index contributed by atoms with van der Waals surface area (Å²) in [5, 5.41) is 11.7. The van der Waals surface area contributed by atoms with Crippen LogP contribution in [0, 0.1) is 29.6 Å². The Labute approximate surface area is 101 Å². The third-order valence-corrected chi connectivity index (χ3v) is 4.87. The molecule has 0 aromatic rings. The Kier molecular flexibility index (Phi) is 2.60. The molecule has 4 nitrogen and oxygen atoms in total. The molecule has 3 aliphatic carbocycles. The highest BCUT2D eigenvalue weighted by Gasteiger charge is 2.48. The van der Waals surface area contributed by atoms with Gasteiger partial charge in [0.05, 0.1) is 11.8 Å². The monoisotopic (exact) mass is 237 g/mol. The summed E-state index contributed by atoms with van der Waals surface area (Å²) >= 11 is 0. The maximum atomic E-state index is 11.7. The summed E-state index contributed by atoms with van der Waals surface area (Å²) in [6.07, 6.45) is 5.84. The molecule has 17 heavy (non-hydrogen) atoms. The Morgan fingerprint density at radius 3 is 2.47 bits per heavy atom. The first-order valence-corrected chi connectivity index (χ1v) is 6.65. The van der Waals surface area contributed by atoms with Gasteiger partial charge in [0, 0.05) is 6.54 Å². The highest BCUT2D eigenvalue weighted by molar-refractivity contribution is 5.89. The van der Waals surface area contributed by atoms with Crippen LogP contribution in [0.5, 0.6) is 0 Å². The molecule has 94 valence electrons. The minimum Gasteiger partial charge on any atom is -0.481 e. The molecule has 3 aliphatic rings. The van der Waals surface area contributed by atoms with E-state index in [1.807, 2.05) is 0 Å². The SMILES string of the molecule is O=C(O)C1CC1C(=O)NCC1CC2CCC1C2. The van der Waals surface area contributed by atoms with E-state index < -0.39 is 11.9 Å². The van der Waals surface area contributed by atoms with Gasteiger partial charge in [-0.05, 0) is 43.4 Å². The predicted molar refractivity (Wildman–Crippen MR) is 61.2 cm³/mol. The lowest BCUT2D eigenvalue weighted by Crippen LogP contribution is -2.33. The number of nitrogens with one attached hydrogen (secondary N) is 1. The first kappa shape index (κ1) is 11.1. The molecule has 2 N–H and O–H groups in total. The Morgan fingerprint density at radius 2 is 1.94 bits per heavy atom. The number of fused-ring (bicyclic) bond motifs is 2. The largest absolute Gasteiger partial charge is 0.481 e. The number of carboxylic acids is 1. The van der Waals surface area contributed by atoms with Gasteiger partial charge in [-0.25, -0.2) is 0 Å². The van der Waals surface area contributed by atoms with E-state index in [9.17, 15) is 9.59 Å². The van der Waals surface area contributed by atoms with E-state index in [1.165, 1.54) is 25.7 Å². The maximum Gasteiger partial charge on any atom is 0.307 e. The van der Waals surface area contributed by atoms with Crippen LogP contribution in [0.4, 0.5) is 0 Å². The van der Waals surface area contributed by atoms with Crippen molar-refractivity contribution in [3.8, 4) is 0 Å². The average Bonchev–Trinajstić information content (AvgIpc) is 2.86. The van der Waals surface area contributed by atoms with Gasteiger partial charge in [-0.15, -0.1) is 0 Å². The minimum atomic E-state index is -0.829. The molecule has 3 fully saturated rings. The number of carbonyl (C=O) groups is 2. The van der Waals surface area contributed by atoms with Gasteiger partial charge in [0.25, 0.3) is 0 Å². The van der Waals surface area contributed by atoms with Gasteiger partial charge in [0.1, 0.15) is 0 Å². The van der Waals surface area contributed by atoms with Crippen molar-refractivity contribution in [1.82, 2.24) is 5.32 Å². The molecule has 5 unspecified atom stereocenters. The molecular weight excluding hydrogens is 218 g/mol. The van der Waals surface area contributed by atoms with Crippen LogP contribution in [0.25, 0.3) is 0 Å². The summed E-state index contributed by atoms with van der Waals surface area (Å²) in [7, 11) is 0. The first-order chi connectivity index (χ1) is 8.15. The highest BCUT2D eigenvalue weighted by Crippen LogP contribution is 2.48. The maximum absolute atomic E-state index is 11.7. The van der Waals surface area contributed by atoms with Crippen LogP contribution in [-0.4, -0.2) is 23.5 Å². The number of carboxylic acid groups (broad SMARTS) is 1. The third kappa shape index (κ3) is 2.05. The van der Waals surface area contributed by atoms with Crippen molar-refractivity contribution >= 4 is 11.9 Å². The molecule has 0 aromatic heterocycles. The lowest BCUT2D eigenvalue weighted by molar-refractivity contribution is -0.140. The zero-order chi connectivity index (χ0) is 12.0. The zero-order valence-corrected chi connectivity index (χ0v) is 9.89. The Hall–Kier alpha value is -1.06. The van der Waals surface area contributed by atoms with Gasteiger partial charge < -0.3 is 10.4 Å². The lowest BCUT2D eigenvalue weighted by atomic mass is 9.89. The van der Waals surface area contributed by atoms with E-state index in [1.54, 1.807) is 0 Å². The molecule has 0 spiro atoms. The van der Waals surface area contributed by atoms with Crippen LogP contribution < -0.4 is 5.32 Å². The van der Waals surface area contributed by atoms with Crippen molar-refractivity contribution < 1.29 is 14.7 Å². The van der Waals surface area contributed by atoms with Gasteiger partial charge in [-0.3, -0.25) is 9.59 Å². The number of rotatable bonds is 4. The standard InChI is InChI=1S/C13H19NO3/c15-12(10-5-11(10)13(16)17)14-6-9-4-7-1-2-8(9)3-7/h7-11H,1-6H2,(H,14,15)(H,16,17). The second kappa shape index (κ2) is 4.00. The predicted octanol–water partition coefficient (Wildman–Crippen LogP) is 1.26. The van der Waals surface area contributed by atoms with E-state index in [0.717, 1.165) is 18.4 Å². The normalized spacial score (nSPS) is 42.5. The van der Waals surface area contributed by atoms with Gasteiger partial charge in [0.15, 0.2) is 0 Å². The van der Waals surface area contributed by atoms with E-state index in [2.05, 4.69) is 5.32 Å². The first-order valence-electron chi connectivity index (χ1n) is 6.65. The molecule has 1 amide bonds. The molecule has 5 atom stereocenters. The quantitative estimate of drug-likeness (QED) is 0.773. The molecule has 4 heteroatoms. The number of hydrogen-bond acceptors (Lipinski definition) is 2. The molecule has 3 saturated carbocycles. The van der Waals surface area contributed by atoms with Crippen LogP contribution >= 0.6 is 0 Å². The summed E-state index contributed by atoms with van der Waals surface area (Å²) in [6, 6.07) is 0. The van der Waals surface area contributed by atoms with Crippen molar-refractivity contribution in [2.45, 2.75) is 32.1 Å². The molecule has 0 saturated heterocycles. The fourth-order valence-corrected chi connectivity index (χ4v) is 3.75. The summed E-state index contributed by atoms with van der Waals surface area (Å²) in [6.45, 7) is 0.767. The van der Waals surface area contributed by atoms with E-state index in [4.69, 9.17) is 5.11 Å². The molecule has 0 heterocycles. The van der Waals surface area contributed by atoms with E-state index in [-0.39, 0.29) is 11.8 Å². The molecule has 0 radical (unpaired) electrons. The number of aliphatic carboxylic acids is 1. The number of carbonyl (C=O) groups excluding carboxylic acids is 1. The second-order valence-corrected chi connectivity index (χ2v) is 5.97. The molecule has 3 rings (SSSR count). The Balaban J connectivity index is 1.43. The molecule has 2 bridgehead atoms. The molecular formula is C13H19NO3. The van der Waals surface area contributed by atoms with Gasteiger partial charge in [-0.1, -0.05) is 6.42 Å². The van der Waals surface area contributed by atoms with Crippen molar-refractivity contribution in [2.75, 3.05) is 6.54 Å². The van der Waals surface area contributed by atoms with Crippen molar-refractivity contribution in [2.24, 2.45) is 29.6 Å². The fraction of sp³-hybridized carbons (Fsp3) is 0.846. The van der Waals surface area contributed by atoms with E-state index >= 15 is 0 Å². The highest BCUT2D eigenvalue weighted by atomic mass is 16.4. The van der Waals surface area contributed by atoms with Crippen LogP contribution in [0.2, 0.25) is 0 Å². The van der Waals surface area contributed by atoms with Crippen molar-refractivity contribution in [3.05, 3.63) is 0 Å². The third-order valence-electron chi connectivity index (χ3n) is 4.87. The minimum absolute atomic E-state index is 0.0415. The Bertz CT molecular complexity index is 355. The summed E-state index contributed by atoms with van der Waals surface area (Å²) in [5.41, 5.74) is 0. The summed E-state index contributed by atoms with van der Waals surface area (Å²) in [4.78, 5) is 22.4. The van der Waals surface area contributed by atoms with Crippen molar-refractivity contribution in [1.29, 1.82) is 0 Å². The smallest absolute Gasteiger partial charge is 0.307 e. The molecule has 0 aromatic carbocycles.